The first-order valence-corrected chi connectivity index (χ1v) is 5.92. The Hall–Kier alpha value is -0.410. The monoisotopic (exact) mass is 213 g/mol. The van der Waals surface area contributed by atoms with Gasteiger partial charge >= 0.3 is 0 Å². The van der Waals surface area contributed by atoms with Crippen molar-refractivity contribution in [1.82, 2.24) is 4.90 Å². The van der Waals surface area contributed by atoms with Crippen LogP contribution in [0.2, 0.25) is 0 Å². The Labute approximate surface area is 92.8 Å². The van der Waals surface area contributed by atoms with Gasteiger partial charge in [0.2, 0.25) is 0 Å². The van der Waals surface area contributed by atoms with E-state index < -0.39 is 0 Å². The van der Waals surface area contributed by atoms with Crippen LogP contribution >= 0.6 is 0 Å². The molecule has 0 aliphatic carbocycles. The van der Waals surface area contributed by atoms with Gasteiger partial charge in [-0.15, -0.1) is 0 Å². The molecule has 1 saturated heterocycles. The van der Waals surface area contributed by atoms with Crippen LogP contribution in [0.1, 0.15) is 39.5 Å². The molecule has 0 N–H and O–H groups in total. The Morgan fingerprint density at radius 1 is 1.33 bits per heavy atom. The normalized spacial score (nSPS) is 22.3. The highest BCUT2D eigenvalue weighted by atomic mass is 16.5. The van der Waals surface area contributed by atoms with Crippen LogP contribution in [0.25, 0.3) is 0 Å². The zero-order chi connectivity index (χ0) is 11.3. The number of hydrogen-bond donors (Lipinski definition) is 0. The Balaban J connectivity index is 2.68. The quantitative estimate of drug-likeness (QED) is 0.698. The number of hydrogen-bond acceptors (Lipinski definition) is 3. The third kappa shape index (κ3) is 2.79. The maximum Gasteiger partial charge on any atom is 0.178 e. The van der Waals surface area contributed by atoms with E-state index in [0.29, 0.717) is 0 Å². The van der Waals surface area contributed by atoms with Gasteiger partial charge in [0.1, 0.15) is 6.61 Å². The summed E-state index contributed by atoms with van der Waals surface area (Å²) in [5.41, 5.74) is -0.309. The molecule has 1 unspecified atom stereocenters. The molecule has 1 heterocycles. The molecule has 1 fully saturated rings. The molecule has 0 aromatic carbocycles. The number of likely N-dealkylation sites (tertiary alicyclic amines) is 1. The first-order valence-electron chi connectivity index (χ1n) is 5.92. The highest BCUT2D eigenvalue weighted by molar-refractivity contribution is 5.89. The minimum absolute atomic E-state index is 0.217. The average Bonchev–Trinajstić information content (AvgIpc) is 2.29. The van der Waals surface area contributed by atoms with Crippen LogP contribution in [-0.2, 0) is 9.53 Å². The predicted octanol–water partition coefficient (Wildman–Crippen LogP) is 1.86. The second kappa shape index (κ2) is 5.61. The fourth-order valence-electron chi connectivity index (χ4n) is 2.27. The summed E-state index contributed by atoms with van der Waals surface area (Å²) in [7, 11) is 1.59. The number of carbonyl (C=O) groups is 1. The molecular formula is C12H23NO2. The number of methoxy groups -OCH3 is 1. The lowest BCUT2D eigenvalue weighted by Crippen LogP contribution is -2.55. The number of rotatable bonds is 5. The van der Waals surface area contributed by atoms with E-state index in [4.69, 9.17) is 4.74 Å². The van der Waals surface area contributed by atoms with Gasteiger partial charge in [-0.2, -0.15) is 0 Å². The molecule has 0 aromatic rings. The van der Waals surface area contributed by atoms with E-state index >= 15 is 0 Å². The van der Waals surface area contributed by atoms with Crippen molar-refractivity contribution in [2.24, 2.45) is 0 Å². The van der Waals surface area contributed by atoms with Crippen LogP contribution in [0.15, 0.2) is 0 Å². The summed E-state index contributed by atoms with van der Waals surface area (Å²) in [6.07, 6.45) is 4.61. The molecule has 1 aliphatic rings. The first-order chi connectivity index (χ1) is 7.15. The maximum atomic E-state index is 12.0. The minimum Gasteiger partial charge on any atom is -0.377 e. The fourth-order valence-corrected chi connectivity index (χ4v) is 2.27. The summed E-state index contributed by atoms with van der Waals surface area (Å²) in [4.78, 5) is 14.4. The van der Waals surface area contributed by atoms with Gasteiger partial charge < -0.3 is 4.74 Å². The van der Waals surface area contributed by atoms with Crippen LogP contribution in [-0.4, -0.2) is 43.0 Å². The van der Waals surface area contributed by atoms with E-state index in [1.165, 1.54) is 19.3 Å². The third-order valence-corrected chi connectivity index (χ3v) is 3.62. The number of piperidine rings is 1. The Kier molecular flexibility index (Phi) is 4.74. The van der Waals surface area contributed by atoms with Gasteiger partial charge in [-0.25, -0.2) is 0 Å². The van der Waals surface area contributed by atoms with Crippen LogP contribution in [0.4, 0.5) is 0 Å². The van der Waals surface area contributed by atoms with Gasteiger partial charge in [0, 0.05) is 7.11 Å². The standard InChI is InChI=1S/C12H23NO2/c1-4-12(2,11(14)10-15-3)13-8-6-5-7-9-13/h4-10H2,1-3H3. The van der Waals surface area contributed by atoms with E-state index in [1.54, 1.807) is 7.11 Å². The summed E-state index contributed by atoms with van der Waals surface area (Å²) >= 11 is 0. The average molecular weight is 213 g/mol. The van der Waals surface area contributed by atoms with Gasteiger partial charge in [0.15, 0.2) is 5.78 Å². The molecule has 1 atom stereocenters. The topological polar surface area (TPSA) is 29.5 Å². The summed E-state index contributed by atoms with van der Waals surface area (Å²) in [5, 5.41) is 0. The molecular weight excluding hydrogens is 190 g/mol. The molecule has 3 heteroatoms. The SMILES string of the molecule is CCC(C)(C(=O)COC)N1CCCCC1. The second-order valence-corrected chi connectivity index (χ2v) is 4.53. The summed E-state index contributed by atoms with van der Waals surface area (Å²) < 4.78 is 4.97. The van der Waals surface area contributed by atoms with Crippen LogP contribution in [0, 0.1) is 0 Å². The van der Waals surface area contributed by atoms with Crippen molar-refractivity contribution < 1.29 is 9.53 Å². The van der Waals surface area contributed by atoms with Crippen molar-refractivity contribution in [3.05, 3.63) is 0 Å². The number of ether oxygens (including phenoxy) is 1. The lowest BCUT2D eigenvalue weighted by Gasteiger charge is -2.41. The highest BCUT2D eigenvalue weighted by Gasteiger charge is 2.37. The molecule has 0 saturated carbocycles. The van der Waals surface area contributed by atoms with Crippen molar-refractivity contribution in [3.63, 3.8) is 0 Å². The first kappa shape index (κ1) is 12.7. The van der Waals surface area contributed by atoms with Crippen molar-refractivity contribution >= 4 is 5.78 Å². The summed E-state index contributed by atoms with van der Waals surface area (Å²) in [6.45, 7) is 6.49. The number of nitrogens with zero attached hydrogens (tertiary/aromatic N) is 1. The zero-order valence-corrected chi connectivity index (χ0v) is 10.2. The molecule has 0 amide bonds. The van der Waals surface area contributed by atoms with Gasteiger partial charge in [0.05, 0.1) is 5.54 Å². The second-order valence-electron chi connectivity index (χ2n) is 4.53. The minimum atomic E-state index is -0.309. The van der Waals surface area contributed by atoms with Gasteiger partial charge in [-0.1, -0.05) is 13.3 Å². The molecule has 0 bridgehead atoms. The van der Waals surface area contributed by atoms with E-state index in [-0.39, 0.29) is 17.9 Å². The van der Waals surface area contributed by atoms with E-state index in [0.717, 1.165) is 19.5 Å². The lowest BCUT2D eigenvalue weighted by atomic mass is 9.89. The molecule has 1 rings (SSSR count). The maximum absolute atomic E-state index is 12.0. The fraction of sp³-hybridized carbons (Fsp3) is 0.917. The molecule has 0 radical (unpaired) electrons. The Morgan fingerprint density at radius 2 is 1.93 bits per heavy atom. The Morgan fingerprint density at radius 3 is 2.40 bits per heavy atom. The van der Waals surface area contributed by atoms with Crippen LogP contribution in [0.5, 0.6) is 0 Å². The smallest absolute Gasteiger partial charge is 0.178 e. The number of Topliss-reactive ketones (excluding diaryl/α,β-unsaturated/α-hetero) is 1. The Bertz CT molecular complexity index is 212. The van der Waals surface area contributed by atoms with Crippen molar-refractivity contribution in [1.29, 1.82) is 0 Å². The van der Waals surface area contributed by atoms with Crippen molar-refractivity contribution in [2.75, 3.05) is 26.8 Å². The van der Waals surface area contributed by atoms with Crippen LogP contribution in [0.3, 0.4) is 0 Å². The zero-order valence-electron chi connectivity index (χ0n) is 10.2. The largest absolute Gasteiger partial charge is 0.377 e. The van der Waals surface area contributed by atoms with E-state index in [9.17, 15) is 4.79 Å². The molecule has 15 heavy (non-hydrogen) atoms. The summed E-state index contributed by atoms with van der Waals surface area (Å²) in [5.74, 6) is 0.217. The van der Waals surface area contributed by atoms with Crippen LogP contribution < -0.4 is 0 Å². The summed E-state index contributed by atoms with van der Waals surface area (Å²) in [6, 6.07) is 0. The number of carbonyl (C=O) groups excluding carboxylic acids is 1. The molecule has 1 aliphatic heterocycles. The third-order valence-electron chi connectivity index (χ3n) is 3.62. The molecule has 0 spiro atoms. The molecule has 0 aromatic heterocycles. The lowest BCUT2D eigenvalue weighted by molar-refractivity contribution is -0.135. The molecule has 88 valence electrons. The highest BCUT2D eigenvalue weighted by Crippen LogP contribution is 2.25. The number of ketones is 1. The van der Waals surface area contributed by atoms with E-state index in [2.05, 4.69) is 18.7 Å². The van der Waals surface area contributed by atoms with Gasteiger partial charge in [-0.3, -0.25) is 9.69 Å². The predicted molar refractivity (Wildman–Crippen MR) is 61.0 cm³/mol. The van der Waals surface area contributed by atoms with E-state index in [1.807, 2.05) is 0 Å². The molecule has 3 nitrogen and oxygen atoms in total. The van der Waals surface area contributed by atoms with Crippen molar-refractivity contribution in [2.45, 2.75) is 45.1 Å². The van der Waals surface area contributed by atoms with Gasteiger partial charge in [-0.05, 0) is 39.3 Å². The van der Waals surface area contributed by atoms with Crippen molar-refractivity contribution in [3.8, 4) is 0 Å². The van der Waals surface area contributed by atoms with Gasteiger partial charge in [0.25, 0.3) is 0 Å².